The number of hydrogen-bond acceptors (Lipinski definition) is 1. The van der Waals surface area contributed by atoms with Gasteiger partial charge in [-0.2, -0.15) is 5.26 Å². The molecular weight excluding hydrogens is 369 g/mol. The average Bonchev–Trinajstić information content (AvgIpc) is 2.78. The molecule has 1 unspecified atom stereocenters. The van der Waals surface area contributed by atoms with Crippen LogP contribution in [0.1, 0.15) is 108 Å². The van der Waals surface area contributed by atoms with E-state index >= 15 is 0 Å². The summed E-state index contributed by atoms with van der Waals surface area (Å²) in [6.45, 7) is 2.30. The number of unbranched alkanes of at least 4 members (excludes halogenated alkanes) is 2. The number of halogens is 1. The zero-order valence-electron chi connectivity index (χ0n) is 19.0. The quantitative estimate of drug-likeness (QED) is 0.280. The summed E-state index contributed by atoms with van der Waals surface area (Å²) in [7, 11) is 0. The van der Waals surface area contributed by atoms with E-state index in [9.17, 15) is 4.39 Å². The summed E-state index contributed by atoms with van der Waals surface area (Å²) in [6, 6.07) is 6.93. The molecule has 0 amide bonds. The molecule has 0 aliphatic heterocycles. The summed E-state index contributed by atoms with van der Waals surface area (Å²) in [5.41, 5.74) is 2.69. The predicted octanol–water partition coefficient (Wildman–Crippen LogP) is 8.52. The molecule has 1 nitrogen and oxygen atoms in total. The van der Waals surface area contributed by atoms with Crippen LogP contribution in [0.5, 0.6) is 0 Å². The van der Waals surface area contributed by atoms with E-state index in [0.717, 1.165) is 36.2 Å². The second-order valence-corrected chi connectivity index (χ2v) is 9.89. The van der Waals surface area contributed by atoms with Crippen molar-refractivity contribution in [3.63, 3.8) is 0 Å². The van der Waals surface area contributed by atoms with Crippen LogP contribution in [0.3, 0.4) is 0 Å². The van der Waals surface area contributed by atoms with Crippen LogP contribution in [0, 0.1) is 34.9 Å². The molecule has 0 spiro atoms. The van der Waals surface area contributed by atoms with Gasteiger partial charge < -0.3 is 0 Å². The number of benzene rings is 1. The highest BCUT2D eigenvalue weighted by Gasteiger charge is 2.22. The van der Waals surface area contributed by atoms with Crippen molar-refractivity contribution in [2.75, 3.05) is 0 Å². The summed E-state index contributed by atoms with van der Waals surface area (Å²) in [4.78, 5) is 0. The summed E-state index contributed by atoms with van der Waals surface area (Å²) >= 11 is 0. The number of rotatable bonds is 10. The molecule has 0 radical (unpaired) electrons. The van der Waals surface area contributed by atoms with Crippen LogP contribution < -0.4 is 0 Å². The maximum atomic E-state index is 13.8. The van der Waals surface area contributed by atoms with Crippen LogP contribution in [0.4, 0.5) is 4.39 Å². The van der Waals surface area contributed by atoms with Crippen LogP contribution in [-0.4, -0.2) is 0 Å². The minimum absolute atomic E-state index is 0.142. The van der Waals surface area contributed by atoms with Gasteiger partial charge in [0.2, 0.25) is 0 Å². The van der Waals surface area contributed by atoms with Gasteiger partial charge in [-0.3, -0.25) is 0 Å². The molecule has 2 aliphatic carbocycles. The number of nitriles is 1. The maximum Gasteiger partial charge on any atom is 0.141 e. The zero-order valence-corrected chi connectivity index (χ0v) is 19.0. The second-order valence-electron chi connectivity index (χ2n) is 9.89. The van der Waals surface area contributed by atoms with Crippen molar-refractivity contribution in [3.8, 4) is 6.07 Å². The summed E-state index contributed by atoms with van der Waals surface area (Å²) in [5, 5.41) is 8.85. The standard InChI is InChI=1S/C28H40FN/c1-2-3-4-5-22-6-8-23(9-7-22)10-11-24-12-14-25(15-13-24)16-17-26-18-19-27(21-30)28(29)20-26/h14,18-20,22-24H,2-13,15-17H2,1H3. The monoisotopic (exact) mass is 409 g/mol. The van der Waals surface area contributed by atoms with Crippen molar-refractivity contribution in [2.45, 2.75) is 103 Å². The molecule has 1 aromatic carbocycles. The largest absolute Gasteiger partial charge is 0.206 e. The number of allylic oxidation sites excluding steroid dienone is 2. The van der Waals surface area contributed by atoms with Crippen molar-refractivity contribution in [1.29, 1.82) is 5.26 Å². The first-order valence-electron chi connectivity index (χ1n) is 12.5. The van der Waals surface area contributed by atoms with Gasteiger partial charge in [0.1, 0.15) is 11.9 Å². The Balaban J connectivity index is 1.31. The van der Waals surface area contributed by atoms with E-state index in [4.69, 9.17) is 5.26 Å². The molecule has 1 aromatic rings. The molecule has 1 saturated carbocycles. The van der Waals surface area contributed by atoms with Crippen molar-refractivity contribution in [3.05, 3.63) is 46.8 Å². The SMILES string of the molecule is CCCCCC1CCC(CCC2CC=C(CCc3ccc(C#N)c(F)c3)CC2)CC1. The highest BCUT2D eigenvalue weighted by molar-refractivity contribution is 5.33. The third kappa shape index (κ3) is 7.26. The maximum absolute atomic E-state index is 13.8. The van der Waals surface area contributed by atoms with Gasteiger partial charge in [-0.1, -0.05) is 82.4 Å². The van der Waals surface area contributed by atoms with Crippen molar-refractivity contribution in [2.24, 2.45) is 17.8 Å². The lowest BCUT2D eigenvalue weighted by Crippen LogP contribution is -2.16. The van der Waals surface area contributed by atoms with Crippen molar-refractivity contribution >= 4 is 0 Å². The number of nitrogens with zero attached hydrogens (tertiary/aromatic N) is 1. The molecule has 3 rings (SSSR count). The molecule has 0 saturated heterocycles. The van der Waals surface area contributed by atoms with Crippen LogP contribution in [-0.2, 0) is 6.42 Å². The fourth-order valence-corrected chi connectivity index (χ4v) is 5.50. The van der Waals surface area contributed by atoms with Gasteiger partial charge >= 0.3 is 0 Å². The molecule has 164 valence electrons. The van der Waals surface area contributed by atoms with Crippen LogP contribution in [0.15, 0.2) is 29.8 Å². The number of hydrogen-bond donors (Lipinski definition) is 0. The average molecular weight is 410 g/mol. The molecule has 0 bridgehead atoms. The fraction of sp³-hybridized carbons (Fsp3) is 0.679. The Kier molecular flexibility index (Phi) is 9.44. The van der Waals surface area contributed by atoms with Crippen LogP contribution in [0.2, 0.25) is 0 Å². The molecule has 2 heteroatoms. The Bertz CT molecular complexity index is 721. The van der Waals surface area contributed by atoms with Crippen molar-refractivity contribution in [1.82, 2.24) is 0 Å². The van der Waals surface area contributed by atoms with E-state index in [-0.39, 0.29) is 11.4 Å². The van der Waals surface area contributed by atoms with Crippen LogP contribution in [0.25, 0.3) is 0 Å². The van der Waals surface area contributed by atoms with Gasteiger partial charge in [0.15, 0.2) is 0 Å². The van der Waals surface area contributed by atoms with E-state index in [0.29, 0.717) is 0 Å². The topological polar surface area (TPSA) is 23.8 Å². The van der Waals surface area contributed by atoms with E-state index in [1.807, 2.05) is 12.1 Å². The highest BCUT2D eigenvalue weighted by Crippen LogP contribution is 2.37. The summed E-state index contributed by atoms with van der Waals surface area (Å²) in [6.07, 6.45) is 22.6. The summed E-state index contributed by atoms with van der Waals surface area (Å²) < 4.78 is 13.8. The molecule has 30 heavy (non-hydrogen) atoms. The third-order valence-electron chi connectivity index (χ3n) is 7.67. The number of aryl methyl sites for hydroxylation is 1. The second kappa shape index (κ2) is 12.3. The van der Waals surface area contributed by atoms with Gasteiger partial charge in [0.05, 0.1) is 5.56 Å². The molecule has 0 heterocycles. The van der Waals surface area contributed by atoms with Gasteiger partial charge in [-0.05, 0) is 74.0 Å². The first-order valence-corrected chi connectivity index (χ1v) is 12.5. The lowest BCUT2D eigenvalue weighted by molar-refractivity contribution is 0.234. The van der Waals surface area contributed by atoms with E-state index in [1.54, 1.807) is 11.6 Å². The molecular formula is C28H40FN. The Morgan fingerprint density at radius 1 is 0.933 bits per heavy atom. The molecule has 1 atom stereocenters. The van der Waals surface area contributed by atoms with Gasteiger partial charge in [-0.25, -0.2) is 4.39 Å². The van der Waals surface area contributed by atoms with Gasteiger partial charge in [0.25, 0.3) is 0 Å². The first-order chi connectivity index (χ1) is 14.7. The first kappa shape index (κ1) is 23.1. The minimum atomic E-state index is -0.386. The molecule has 2 aliphatic rings. The van der Waals surface area contributed by atoms with E-state index < -0.39 is 0 Å². The van der Waals surface area contributed by atoms with E-state index in [2.05, 4.69) is 13.0 Å². The Hall–Kier alpha value is -1.62. The lowest BCUT2D eigenvalue weighted by Gasteiger charge is -2.30. The molecule has 1 fully saturated rings. The van der Waals surface area contributed by atoms with Crippen LogP contribution >= 0.6 is 0 Å². The smallest absolute Gasteiger partial charge is 0.141 e. The Labute approximate surface area is 183 Å². The Morgan fingerprint density at radius 2 is 1.67 bits per heavy atom. The molecule has 0 aromatic heterocycles. The Morgan fingerprint density at radius 3 is 2.30 bits per heavy atom. The summed E-state index contributed by atoms with van der Waals surface area (Å²) in [5.74, 6) is 2.51. The molecule has 0 N–H and O–H groups in total. The third-order valence-corrected chi connectivity index (χ3v) is 7.67. The highest BCUT2D eigenvalue weighted by atomic mass is 19.1. The van der Waals surface area contributed by atoms with Gasteiger partial charge in [0, 0.05) is 0 Å². The van der Waals surface area contributed by atoms with Crippen molar-refractivity contribution < 1.29 is 4.39 Å². The minimum Gasteiger partial charge on any atom is -0.206 e. The predicted molar refractivity (Wildman–Crippen MR) is 124 cm³/mol. The fourth-order valence-electron chi connectivity index (χ4n) is 5.50. The van der Waals surface area contributed by atoms with Gasteiger partial charge in [-0.15, -0.1) is 0 Å². The lowest BCUT2D eigenvalue weighted by atomic mass is 9.76. The van der Waals surface area contributed by atoms with E-state index in [1.165, 1.54) is 89.5 Å². The zero-order chi connectivity index (χ0) is 21.2. The normalized spacial score (nSPS) is 24.3.